The molecule has 9 heteroatoms. The number of nitro benzene ring substituents is 1. The largest absolute Gasteiger partial charge is 0.454 e. The monoisotopic (exact) mass is 335 g/mol. The summed E-state index contributed by atoms with van der Waals surface area (Å²) in [5, 5.41) is 15.7. The second-order valence-corrected chi connectivity index (χ2v) is 5.45. The van der Waals surface area contributed by atoms with Crippen LogP contribution < -0.4 is 10.6 Å². The lowest BCUT2D eigenvalue weighted by Crippen LogP contribution is -2.41. The number of rotatable bonds is 7. The maximum Gasteiger partial charge on any atom is 0.328 e. The topological polar surface area (TPSA) is 128 Å². The summed E-state index contributed by atoms with van der Waals surface area (Å²) in [4.78, 5) is 45.3. The van der Waals surface area contributed by atoms with Gasteiger partial charge < -0.3 is 15.4 Å². The first-order chi connectivity index (χ1) is 11.4. The molecule has 0 heterocycles. The molecule has 0 aliphatic heterocycles. The van der Waals surface area contributed by atoms with E-state index in [0.29, 0.717) is 0 Å². The lowest BCUT2D eigenvalue weighted by molar-refractivity contribution is -0.384. The van der Waals surface area contributed by atoms with E-state index in [-0.39, 0.29) is 23.2 Å². The van der Waals surface area contributed by atoms with E-state index in [4.69, 9.17) is 4.74 Å². The Bertz CT molecular complexity index is 671. The van der Waals surface area contributed by atoms with E-state index in [9.17, 15) is 24.5 Å². The predicted octanol–water partition coefficient (Wildman–Crippen LogP) is 0.535. The number of carbonyl (C=O) groups is 3. The molecule has 1 saturated carbocycles. The van der Waals surface area contributed by atoms with Gasteiger partial charge in [-0.15, -0.1) is 0 Å². The van der Waals surface area contributed by atoms with Gasteiger partial charge in [-0.1, -0.05) is 6.07 Å². The van der Waals surface area contributed by atoms with Crippen LogP contribution in [0.1, 0.15) is 30.1 Å². The van der Waals surface area contributed by atoms with Crippen molar-refractivity contribution in [1.29, 1.82) is 0 Å². The Morgan fingerprint density at radius 3 is 2.71 bits per heavy atom. The summed E-state index contributed by atoms with van der Waals surface area (Å²) in [6.07, 6.45) is 1.85. The number of ether oxygens (including phenoxy) is 1. The van der Waals surface area contributed by atoms with Crippen molar-refractivity contribution < 1.29 is 24.0 Å². The van der Waals surface area contributed by atoms with E-state index < -0.39 is 29.4 Å². The molecule has 0 unspecified atom stereocenters. The summed E-state index contributed by atoms with van der Waals surface area (Å²) in [5.41, 5.74) is -0.176. The normalized spacial score (nSPS) is 14.4. The minimum atomic E-state index is -0.995. The number of nitrogens with one attached hydrogen (secondary N) is 2. The summed E-state index contributed by atoms with van der Waals surface area (Å²) in [6.45, 7) is 0.989. The second-order valence-electron chi connectivity index (χ2n) is 5.45. The van der Waals surface area contributed by atoms with Crippen molar-refractivity contribution in [3.63, 3.8) is 0 Å². The zero-order valence-corrected chi connectivity index (χ0v) is 13.0. The smallest absolute Gasteiger partial charge is 0.328 e. The minimum absolute atomic E-state index is 0.0512. The van der Waals surface area contributed by atoms with Gasteiger partial charge in [0.15, 0.2) is 6.61 Å². The quantitative estimate of drug-likeness (QED) is 0.425. The lowest BCUT2D eigenvalue weighted by atomic mass is 10.2. The SMILES string of the molecule is C[C@H](NC(=O)c1cccc([N+](=O)[O-])c1)C(=O)OCC(=O)NC1CC1. The molecule has 24 heavy (non-hydrogen) atoms. The third kappa shape index (κ3) is 5.04. The number of hydrogen-bond donors (Lipinski definition) is 2. The molecular formula is C15H17N3O6. The van der Waals surface area contributed by atoms with Crippen LogP contribution in [-0.4, -0.2) is 41.4 Å². The second kappa shape index (κ2) is 7.53. The first-order valence-corrected chi connectivity index (χ1v) is 7.38. The van der Waals surface area contributed by atoms with Gasteiger partial charge in [0.1, 0.15) is 6.04 Å². The van der Waals surface area contributed by atoms with Crippen LogP contribution in [0, 0.1) is 10.1 Å². The summed E-state index contributed by atoms with van der Waals surface area (Å²) in [5.74, 6) is -1.80. The maximum atomic E-state index is 12.0. The molecule has 1 fully saturated rings. The van der Waals surface area contributed by atoms with Gasteiger partial charge in [-0.05, 0) is 25.8 Å². The number of esters is 1. The Kier molecular flexibility index (Phi) is 5.46. The first-order valence-electron chi connectivity index (χ1n) is 7.38. The molecule has 1 aromatic carbocycles. The molecular weight excluding hydrogens is 318 g/mol. The third-order valence-electron chi connectivity index (χ3n) is 3.31. The average molecular weight is 335 g/mol. The van der Waals surface area contributed by atoms with Crippen molar-refractivity contribution in [2.75, 3.05) is 6.61 Å². The van der Waals surface area contributed by atoms with Gasteiger partial charge in [-0.25, -0.2) is 4.79 Å². The number of carbonyl (C=O) groups excluding carboxylic acids is 3. The molecule has 2 amide bonds. The number of nitrogens with zero attached hydrogens (tertiary/aromatic N) is 1. The zero-order valence-electron chi connectivity index (χ0n) is 13.0. The average Bonchev–Trinajstić information content (AvgIpc) is 3.36. The maximum absolute atomic E-state index is 12.0. The van der Waals surface area contributed by atoms with Gasteiger partial charge in [0.05, 0.1) is 4.92 Å². The molecule has 2 rings (SSSR count). The van der Waals surface area contributed by atoms with Crippen molar-refractivity contribution in [2.24, 2.45) is 0 Å². The standard InChI is InChI=1S/C15H17N3O6/c1-9(15(21)24-8-13(19)17-11-5-6-11)16-14(20)10-3-2-4-12(7-10)18(22)23/h2-4,7,9,11H,5-6,8H2,1H3,(H,16,20)(H,17,19)/t9-/m0/s1. The molecule has 0 aromatic heterocycles. The fourth-order valence-corrected chi connectivity index (χ4v) is 1.86. The van der Waals surface area contributed by atoms with Gasteiger partial charge in [0.25, 0.3) is 17.5 Å². The fourth-order valence-electron chi connectivity index (χ4n) is 1.86. The highest BCUT2D eigenvalue weighted by atomic mass is 16.6. The van der Waals surface area contributed by atoms with Crippen molar-refractivity contribution in [3.05, 3.63) is 39.9 Å². The van der Waals surface area contributed by atoms with Gasteiger partial charge in [-0.2, -0.15) is 0 Å². The number of amides is 2. The van der Waals surface area contributed by atoms with E-state index in [0.717, 1.165) is 18.9 Å². The van der Waals surface area contributed by atoms with E-state index >= 15 is 0 Å². The summed E-state index contributed by atoms with van der Waals surface area (Å²) in [7, 11) is 0. The van der Waals surface area contributed by atoms with Crippen LogP contribution >= 0.6 is 0 Å². The third-order valence-corrected chi connectivity index (χ3v) is 3.31. The highest BCUT2D eigenvalue weighted by Crippen LogP contribution is 2.18. The van der Waals surface area contributed by atoms with Crippen LogP contribution in [0.4, 0.5) is 5.69 Å². The summed E-state index contributed by atoms with van der Waals surface area (Å²) in [6, 6.07) is 4.30. The highest BCUT2D eigenvalue weighted by Gasteiger charge is 2.24. The first kappa shape index (κ1) is 17.4. The molecule has 0 bridgehead atoms. The van der Waals surface area contributed by atoms with Crippen molar-refractivity contribution >= 4 is 23.5 Å². The van der Waals surface area contributed by atoms with Gasteiger partial charge in [0, 0.05) is 23.7 Å². The number of nitro groups is 1. The fraction of sp³-hybridized carbons (Fsp3) is 0.400. The summed E-state index contributed by atoms with van der Waals surface area (Å²) < 4.78 is 4.82. The van der Waals surface area contributed by atoms with E-state index in [1.807, 2.05) is 0 Å². The minimum Gasteiger partial charge on any atom is -0.454 e. The van der Waals surface area contributed by atoms with Crippen molar-refractivity contribution in [2.45, 2.75) is 31.8 Å². The van der Waals surface area contributed by atoms with Gasteiger partial charge in [0.2, 0.25) is 0 Å². The molecule has 9 nitrogen and oxygen atoms in total. The Balaban J connectivity index is 1.83. The Morgan fingerprint density at radius 2 is 2.08 bits per heavy atom. The van der Waals surface area contributed by atoms with Crippen molar-refractivity contribution in [1.82, 2.24) is 10.6 Å². The summed E-state index contributed by atoms with van der Waals surface area (Å²) >= 11 is 0. The molecule has 1 aromatic rings. The molecule has 0 saturated heterocycles. The Labute approximate surface area is 137 Å². The van der Waals surface area contributed by atoms with E-state index in [2.05, 4.69) is 10.6 Å². The van der Waals surface area contributed by atoms with Gasteiger partial charge >= 0.3 is 5.97 Å². The van der Waals surface area contributed by atoms with Crippen molar-refractivity contribution in [3.8, 4) is 0 Å². The van der Waals surface area contributed by atoms with Gasteiger partial charge in [-0.3, -0.25) is 19.7 Å². The number of benzene rings is 1. The van der Waals surface area contributed by atoms with Crippen LogP contribution in [0.3, 0.4) is 0 Å². The number of non-ortho nitro benzene ring substituents is 1. The van der Waals surface area contributed by atoms with E-state index in [1.54, 1.807) is 0 Å². The molecule has 1 aliphatic carbocycles. The molecule has 0 spiro atoms. The van der Waals surface area contributed by atoms with Crippen LogP contribution in [0.25, 0.3) is 0 Å². The molecule has 128 valence electrons. The predicted molar refractivity (Wildman–Crippen MR) is 82.1 cm³/mol. The lowest BCUT2D eigenvalue weighted by Gasteiger charge is -2.13. The molecule has 0 radical (unpaired) electrons. The Morgan fingerprint density at radius 1 is 1.38 bits per heavy atom. The Hall–Kier alpha value is -2.97. The highest BCUT2D eigenvalue weighted by molar-refractivity contribution is 5.97. The zero-order chi connectivity index (χ0) is 17.7. The van der Waals surface area contributed by atoms with E-state index in [1.165, 1.54) is 25.1 Å². The van der Waals surface area contributed by atoms with Crippen LogP contribution in [0.5, 0.6) is 0 Å². The van der Waals surface area contributed by atoms with Crippen LogP contribution in [-0.2, 0) is 14.3 Å². The molecule has 1 aliphatic rings. The molecule has 1 atom stereocenters. The van der Waals surface area contributed by atoms with Crippen LogP contribution in [0.2, 0.25) is 0 Å². The van der Waals surface area contributed by atoms with Crippen LogP contribution in [0.15, 0.2) is 24.3 Å². The molecule has 2 N–H and O–H groups in total. The number of hydrogen-bond acceptors (Lipinski definition) is 6.